The maximum Gasteiger partial charge on any atom is 0.223 e. The lowest BCUT2D eigenvalue weighted by Crippen LogP contribution is -2.47. The molecule has 94 valence electrons. The van der Waals surface area contributed by atoms with Gasteiger partial charge in [-0.2, -0.15) is 0 Å². The fraction of sp³-hybridized carbons (Fsp3) is 0.909. The molecule has 1 aliphatic rings. The summed E-state index contributed by atoms with van der Waals surface area (Å²) in [7, 11) is 0. The van der Waals surface area contributed by atoms with E-state index in [0.717, 1.165) is 13.1 Å². The maximum absolute atomic E-state index is 11.7. The first-order chi connectivity index (χ1) is 7.53. The lowest BCUT2D eigenvalue weighted by Gasteiger charge is -2.28. The zero-order valence-corrected chi connectivity index (χ0v) is 10.1. The van der Waals surface area contributed by atoms with Crippen LogP contribution in [0, 0.1) is 0 Å². The Labute approximate surface area is 96.6 Å². The van der Waals surface area contributed by atoms with Crippen LogP contribution in [0.15, 0.2) is 0 Å². The number of hydrogen-bond donors (Lipinski definition) is 3. The van der Waals surface area contributed by atoms with Gasteiger partial charge in [-0.3, -0.25) is 4.79 Å². The van der Waals surface area contributed by atoms with Crippen LogP contribution in [0.1, 0.15) is 26.7 Å². The number of rotatable bonds is 5. The number of hydrogen-bond acceptors (Lipinski definition) is 4. The number of ether oxygens (including phenoxy) is 1. The quantitative estimate of drug-likeness (QED) is 0.603. The van der Waals surface area contributed by atoms with Gasteiger partial charge in [0.1, 0.15) is 0 Å². The molecule has 1 saturated heterocycles. The van der Waals surface area contributed by atoms with E-state index in [0.29, 0.717) is 19.4 Å². The number of carbonyl (C=O) groups is 1. The summed E-state index contributed by atoms with van der Waals surface area (Å²) >= 11 is 0. The molecule has 0 bridgehead atoms. The van der Waals surface area contributed by atoms with Gasteiger partial charge in [0.05, 0.1) is 19.1 Å². The Bertz CT molecular complexity index is 225. The SMILES string of the molecule is CC(C)(CCO)NC(=O)CC1CNCCO1. The summed E-state index contributed by atoms with van der Waals surface area (Å²) in [5, 5.41) is 14.9. The molecule has 3 N–H and O–H groups in total. The number of aliphatic hydroxyl groups excluding tert-OH is 1. The summed E-state index contributed by atoms with van der Waals surface area (Å²) in [6, 6.07) is 0. The third-order valence-corrected chi connectivity index (χ3v) is 2.63. The van der Waals surface area contributed by atoms with Gasteiger partial charge in [-0.05, 0) is 20.3 Å². The molecule has 0 aromatic heterocycles. The van der Waals surface area contributed by atoms with Crippen molar-refractivity contribution in [3.63, 3.8) is 0 Å². The summed E-state index contributed by atoms with van der Waals surface area (Å²) < 4.78 is 5.45. The minimum atomic E-state index is -0.353. The molecule has 0 spiro atoms. The number of morpholine rings is 1. The van der Waals surface area contributed by atoms with Crippen molar-refractivity contribution in [3.05, 3.63) is 0 Å². The van der Waals surface area contributed by atoms with Crippen LogP contribution in [-0.2, 0) is 9.53 Å². The molecule has 0 aromatic rings. The van der Waals surface area contributed by atoms with Crippen LogP contribution in [0.2, 0.25) is 0 Å². The first kappa shape index (κ1) is 13.4. The van der Waals surface area contributed by atoms with Crippen LogP contribution < -0.4 is 10.6 Å². The van der Waals surface area contributed by atoms with E-state index in [1.807, 2.05) is 13.8 Å². The van der Waals surface area contributed by atoms with Gasteiger partial charge < -0.3 is 20.5 Å². The van der Waals surface area contributed by atoms with Crippen molar-refractivity contribution >= 4 is 5.91 Å². The minimum absolute atomic E-state index is 0.0212. The highest BCUT2D eigenvalue weighted by molar-refractivity contribution is 5.77. The first-order valence-corrected chi connectivity index (χ1v) is 5.78. The summed E-state index contributed by atoms with van der Waals surface area (Å²) in [5.74, 6) is -0.0212. The molecule has 0 aromatic carbocycles. The van der Waals surface area contributed by atoms with E-state index in [4.69, 9.17) is 9.84 Å². The summed E-state index contributed by atoms with van der Waals surface area (Å²) in [6.07, 6.45) is 0.906. The van der Waals surface area contributed by atoms with Gasteiger partial charge in [-0.25, -0.2) is 0 Å². The summed E-state index contributed by atoms with van der Waals surface area (Å²) in [5.41, 5.74) is -0.353. The fourth-order valence-electron chi connectivity index (χ4n) is 1.73. The van der Waals surface area contributed by atoms with Gasteiger partial charge in [0, 0.05) is 25.2 Å². The van der Waals surface area contributed by atoms with E-state index < -0.39 is 0 Å². The average molecular weight is 230 g/mol. The van der Waals surface area contributed by atoms with E-state index in [-0.39, 0.29) is 24.2 Å². The Morgan fingerprint density at radius 2 is 2.38 bits per heavy atom. The molecule has 1 rings (SSSR count). The fourth-order valence-corrected chi connectivity index (χ4v) is 1.73. The molecule has 16 heavy (non-hydrogen) atoms. The van der Waals surface area contributed by atoms with Crippen LogP contribution in [-0.4, -0.2) is 49.0 Å². The topological polar surface area (TPSA) is 70.6 Å². The molecule has 1 unspecified atom stereocenters. The van der Waals surface area contributed by atoms with Crippen LogP contribution in [0.5, 0.6) is 0 Å². The van der Waals surface area contributed by atoms with E-state index in [9.17, 15) is 4.79 Å². The molecular formula is C11H22N2O3. The summed E-state index contributed by atoms with van der Waals surface area (Å²) in [4.78, 5) is 11.7. The van der Waals surface area contributed by atoms with Gasteiger partial charge in [0.25, 0.3) is 0 Å². The predicted molar refractivity (Wildman–Crippen MR) is 61.2 cm³/mol. The van der Waals surface area contributed by atoms with E-state index in [1.54, 1.807) is 0 Å². The Kier molecular flexibility index (Phi) is 5.18. The van der Waals surface area contributed by atoms with Gasteiger partial charge in [0.15, 0.2) is 0 Å². The second kappa shape index (κ2) is 6.18. The highest BCUT2D eigenvalue weighted by Crippen LogP contribution is 2.09. The van der Waals surface area contributed by atoms with Crippen molar-refractivity contribution in [1.82, 2.24) is 10.6 Å². The second-order valence-electron chi connectivity index (χ2n) is 4.81. The molecule has 0 aliphatic carbocycles. The highest BCUT2D eigenvalue weighted by Gasteiger charge is 2.23. The predicted octanol–water partition coefficient (Wildman–Crippen LogP) is -0.358. The lowest BCUT2D eigenvalue weighted by atomic mass is 10.0. The Morgan fingerprint density at radius 1 is 1.62 bits per heavy atom. The number of aliphatic hydroxyl groups is 1. The average Bonchev–Trinajstić information content (AvgIpc) is 2.17. The van der Waals surface area contributed by atoms with Gasteiger partial charge in [-0.15, -0.1) is 0 Å². The molecule has 1 heterocycles. The number of amides is 1. The number of nitrogens with one attached hydrogen (secondary N) is 2. The van der Waals surface area contributed by atoms with Crippen molar-refractivity contribution in [3.8, 4) is 0 Å². The van der Waals surface area contributed by atoms with Gasteiger partial charge in [-0.1, -0.05) is 0 Å². The first-order valence-electron chi connectivity index (χ1n) is 5.78. The largest absolute Gasteiger partial charge is 0.396 e. The third-order valence-electron chi connectivity index (χ3n) is 2.63. The minimum Gasteiger partial charge on any atom is -0.396 e. The van der Waals surface area contributed by atoms with Gasteiger partial charge in [0.2, 0.25) is 5.91 Å². The molecule has 1 aliphatic heterocycles. The molecule has 0 radical (unpaired) electrons. The normalized spacial score (nSPS) is 21.8. The van der Waals surface area contributed by atoms with Crippen molar-refractivity contribution in [2.45, 2.75) is 38.3 Å². The van der Waals surface area contributed by atoms with E-state index >= 15 is 0 Å². The van der Waals surface area contributed by atoms with E-state index in [1.165, 1.54) is 0 Å². The number of carbonyl (C=O) groups excluding carboxylic acids is 1. The molecular weight excluding hydrogens is 208 g/mol. The molecule has 1 fully saturated rings. The summed E-state index contributed by atoms with van der Waals surface area (Å²) in [6.45, 7) is 6.14. The highest BCUT2D eigenvalue weighted by atomic mass is 16.5. The Hall–Kier alpha value is -0.650. The zero-order valence-electron chi connectivity index (χ0n) is 10.1. The van der Waals surface area contributed by atoms with Crippen molar-refractivity contribution < 1.29 is 14.6 Å². The molecule has 5 nitrogen and oxygen atoms in total. The third kappa shape index (κ3) is 4.92. The zero-order chi connectivity index (χ0) is 12.0. The van der Waals surface area contributed by atoms with Crippen LogP contribution >= 0.6 is 0 Å². The molecule has 1 amide bonds. The van der Waals surface area contributed by atoms with Crippen LogP contribution in [0.3, 0.4) is 0 Å². The van der Waals surface area contributed by atoms with Gasteiger partial charge >= 0.3 is 0 Å². The Morgan fingerprint density at radius 3 is 2.94 bits per heavy atom. The molecule has 1 atom stereocenters. The standard InChI is InChI=1S/C11H22N2O3/c1-11(2,3-5-14)13-10(15)7-9-8-12-4-6-16-9/h9,12,14H,3-8H2,1-2H3,(H,13,15). The van der Waals surface area contributed by atoms with Crippen molar-refractivity contribution in [2.24, 2.45) is 0 Å². The lowest BCUT2D eigenvalue weighted by molar-refractivity contribution is -0.126. The van der Waals surface area contributed by atoms with E-state index in [2.05, 4.69) is 10.6 Å². The van der Waals surface area contributed by atoms with Crippen molar-refractivity contribution in [2.75, 3.05) is 26.3 Å². The smallest absolute Gasteiger partial charge is 0.223 e. The van der Waals surface area contributed by atoms with Crippen LogP contribution in [0.4, 0.5) is 0 Å². The maximum atomic E-state index is 11.7. The van der Waals surface area contributed by atoms with Crippen LogP contribution in [0.25, 0.3) is 0 Å². The monoisotopic (exact) mass is 230 g/mol. The second-order valence-corrected chi connectivity index (χ2v) is 4.81. The van der Waals surface area contributed by atoms with Crippen molar-refractivity contribution in [1.29, 1.82) is 0 Å². The Balaban J connectivity index is 2.28. The molecule has 0 saturated carbocycles. The molecule has 5 heteroatoms.